The molecule has 0 radical (unpaired) electrons. The molecule has 0 unspecified atom stereocenters. The second-order valence-electron chi connectivity index (χ2n) is 6.12. The van der Waals surface area contributed by atoms with Gasteiger partial charge in [0, 0.05) is 18.8 Å². The summed E-state index contributed by atoms with van der Waals surface area (Å²) >= 11 is 0. The monoisotopic (exact) mass is 293 g/mol. The van der Waals surface area contributed by atoms with E-state index < -0.39 is 0 Å². The Hall–Kier alpha value is -2.22. The maximum Gasteiger partial charge on any atom is 0.121 e. The van der Waals surface area contributed by atoms with Crippen LogP contribution in [-0.4, -0.2) is 18.2 Å². The number of phenolic OH excluding ortho intramolecular Hbond substituents is 1. The standard InChI is InChI=1S/C20H23NO/c1-15-13-18(14-16(2)20(15)22)6-5-17-7-9-19(10-8-17)21-11-3-4-12-21/h5-10,13-14,22H,3-4,11-12H2,1-2H3/b6-5-. The number of phenols is 1. The van der Waals surface area contributed by atoms with E-state index in [0.717, 1.165) is 16.7 Å². The van der Waals surface area contributed by atoms with Crippen LogP contribution in [0.1, 0.15) is 35.1 Å². The molecule has 1 aliphatic heterocycles. The minimum absolute atomic E-state index is 0.395. The molecule has 1 heterocycles. The van der Waals surface area contributed by atoms with Crippen LogP contribution in [0.5, 0.6) is 5.75 Å². The average Bonchev–Trinajstić information content (AvgIpc) is 3.05. The molecule has 0 bridgehead atoms. The molecule has 2 aromatic rings. The molecule has 0 spiro atoms. The van der Waals surface area contributed by atoms with Crippen LogP contribution in [0, 0.1) is 13.8 Å². The van der Waals surface area contributed by atoms with Gasteiger partial charge in [-0.1, -0.05) is 24.3 Å². The smallest absolute Gasteiger partial charge is 0.121 e. The van der Waals surface area contributed by atoms with Crippen molar-refractivity contribution >= 4 is 17.8 Å². The lowest BCUT2D eigenvalue weighted by Crippen LogP contribution is -2.17. The zero-order valence-corrected chi connectivity index (χ0v) is 13.3. The van der Waals surface area contributed by atoms with Crippen LogP contribution in [0.2, 0.25) is 0 Å². The van der Waals surface area contributed by atoms with Crippen LogP contribution in [0.4, 0.5) is 5.69 Å². The van der Waals surface area contributed by atoms with Crippen molar-refractivity contribution in [2.45, 2.75) is 26.7 Å². The highest BCUT2D eigenvalue weighted by molar-refractivity contribution is 5.71. The van der Waals surface area contributed by atoms with Gasteiger partial charge in [-0.15, -0.1) is 0 Å². The van der Waals surface area contributed by atoms with E-state index in [-0.39, 0.29) is 0 Å². The first-order valence-electron chi connectivity index (χ1n) is 7.97. The predicted molar refractivity (Wildman–Crippen MR) is 94.4 cm³/mol. The lowest BCUT2D eigenvalue weighted by atomic mass is 10.0. The number of benzene rings is 2. The Labute approximate surface area is 132 Å². The molecule has 114 valence electrons. The summed E-state index contributed by atoms with van der Waals surface area (Å²) in [6, 6.07) is 12.8. The van der Waals surface area contributed by atoms with Gasteiger partial charge in [0.25, 0.3) is 0 Å². The third-order valence-electron chi connectivity index (χ3n) is 4.35. The van der Waals surface area contributed by atoms with Crippen molar-refractivity contribution < 1.29 is 5.11 Å². The summed E-state index contributed by atoms with van der Waals surface area (Å²) < 4.78 is 0. The Balaban J connectivity index is 1.75. The molecule has 1 N–H and O–H groups in total. The lowest BCUT2D eigenvalue weighted by Gasteiger charge is -2.17. The van der Waals surface area contributed by atoms with E-state index >= 15 is 0 Å². The summed E-state index contributed by atoms with van der Waals surface area (Å²) in [5.74, 6) is 0.395. The van der Waals surface area contributed by atoms with Crippen molar-refractivity contribution in [2.24, 2.45) is 0 Å². The van der Waals surface area contributed by atoms with Crippen molar-refractivity contribution in [1.82, 2.24) is 0 Å². The summed E-state index contributed by atoms with van der Waals surface area (Å²) in [5.41, 5.74) is 5.49. The lowest BCUT2D eigenvalue weighted by molar-refractivity contribution is 0.467. The Kier molecular flexibility index (Phi) is 4.19. The number of hydrogen-bond acceptors (Lipinski definition) is 2. The topological polar surface area (TPSA) is 23.5 Å². The third-order valence-corrected chi connectivity index (χ3v) is 4.35. The molecule has 0 atom stereocenters. The van der Waals surface area contributed by atoms with Gasteiger partial charge < -0.3 is 10.0 Å². The summed E-state index contributed by atoms with van der Waals surface area (Å²) in [4.78, 5) is 2.44. The summed E-state index contributed by atoms with van der Waals surface area (Å²) in [6.45, 7) is 6.23. The van der Waals surface area contributed by atoms with E-state index in [1.54, 1.807) is 0 Å². The highest BCUT2D eigenvalue weighted by Crippen LogP contribution is 2.24. The first-order valence-corrected chi connectivity index (χ1v) is 7.97. The average molecular weight is 293 g/mol. The summed E-state index contributed by atoms with van der Waals surface area (Å²) in [5, 5.41) is 9.82. The molecule has 2 nitrogen and oxygen atoms in total. The SMILES string of the molecule is Cc1cc(/C=C\c2ccc(N3CCCC3)cc2)cc(C)c1O. The van der Waals surface area contributed by atoms with Gasteiger partial charge in [-0.25, -0.2) is 0 Å². The van der Waals surface area contributed by atoms with Gasteiger partial charge >= 0.3 is 0 Å². The largest absolute Gasteiger partial charge is 0.507 e. The van der Waals surface area contributed by atoms with Gasteiger partial charge in [0.2, 0.25) is 0 Å². The molecule has 1 fully saturated rings. The molecule has 0 amide bonds. The Morgan fingerprint density at radius 3 is 2.00 bits per heavy atom. The van der Waals surface area contributed by atoms with Crippen molar-refractivity contribution in [2.75, 3.05) is 18.0 Å². The highest BCUT2D eigenvalue weighted by atomic mass is 16.3. The maximum absolute atomic E-state index is 9.82. The summed E-state index contributed by atoms with van der Waals surface area (Å²) in [7, 11) is 0. The van der Waals surface area contributed by atoms with Gasteiger partial charge in [0.05, 0.1) is 0 Å². The second-order valence-corrected chi connectivity index (χ2v) is 6.12. The molecule has 0 aromatic heterocycles. The van der Waals surface area contributed by atoms with E-state index in [1.165, 1.54) is 37.2 Å². The fourth-order valence-corrected chi connectivity index (χ4v) is 3.05. The van der Waals surface area contributed by atoms with Gasteiger partial charge in [-0.05, 0) is 73.2 Å². The second kappa shape index (κ2) is 6.27. The molecule has 1 saturated heterocycles. The molecular weight excluding hydrogens is 270 g/mol. The van der Waals surface area contributed by atoms with Crippen LogP contribution in [0.3, 0.4) is 0 Å². The number of anilines is 1. The molecule has 2 heteroatoms. The van der Waals surface area contributed by atoms with Crippen molar-refractivity contribution in [3.8, 4) is 5.75 Å². The first kappa shape index (κ1) is 14.7. The predicted octanol–water partition coefficient (Wildman–Crippen LogP) is 4.78. The van der Waals surface area contributed by atoms with Crippen LogP contribution >= 0.6 is 0 Å². The minimum atomic E-state index is 0.395. The number of aryl methyl sites for hydroxylation is 2. The van der Waals surface area contributed by atoms with Crippen molar-refractivity contribution in [3.05, 3.63) is 58.7 Å². The highest BCUT2D eigenvalue weighted by Gasteiger charge is 2.11. The van der Waals surface area contributed by atoms with Crippen LogP contribution in [0.25, 0.3) is 12.2 Å². The molecule has 1 aliphatic rings. The molecule has 3 rings (SSSR count). The van der Waals surface area contributed by atoms with E-state index in [4.69, 9.17) is 0 Å². The number of aromatic hydroxyl groups is 1. The van der Waals surface area contributed by atoms with Gasteiger partial charge in [-0.2, -0.15) is 0 Å². The maximum atomic E-state index is 9.82. The van der Waals surface area contributed by atoms with E-state index in [9.17, 15) is 5.11 Å². The molecular formula is C20H23NO. The first-order chi connectivity index (χ1) is 10.6. The number of nitrogens with zero attached hydrogens (tertiary/aromatic N) is 1. The molecule has 22 heavy (non-hydrogen) atoms. The van der Waals surface area contributed by atoms with Gasteiger partial charge in [0.15, 0.2) is 0 Å². The minimum Gasteiger partial charge on any atom is -0.507 e. The number of hydrogen-bond donors (Lipinski definition) is 1. The Morgan fingerprint density at radius 1 is 0.864 bits per heavy atom. The molecule has 0 aliphatic carbocycles. The van der Waals surface area contributed by atoms with Crippen molar-refractivity contribution in [1.29, 1.82) is 0 Å². The zero-order chi connectivity index (χ0) is 15.5. The quantitative estimate of drug-likeness (QED) is 0.823. The van der Waals surface area contributed by atoms with E-state index in [2.05, 4.69) is 41.3 Å². The normalized spacial score (nSPS) is 14.9. The Morgan fingerprint density at radius 2 is 1.41 bits per heavy atom. The van der Waals surface area contributed by atoms with Crippen LogP contribution in [0.15, 0.2) is 36.4 Å². The molecule has 2 aromatic carbocycles. The van der Waals surface area contributed by atoms with Crippen molar-refractivity contribution in [3.63, 3.8) is 0 Å². The molecule has 0 saturated carbocycles. The van der Waals surface area contributed by atoms with Crippen LogP contribution in [-0.2, 0) is 0 Å². The Bertz CT molecular complexity index is 656. The van der Waals surface area contributed by atoms with Gasteiger partial charge in [-0.3, -0.25) is 0 Å². The number of rotatable bonds is 3. The third kappa shape index (κ3) is 3.16. The zero-order valence-electron chi connectivity index (χ0n) is 13.3. The van der Waals surface area contributed by atoms with E-state index in [1.807, 2.05) is 26.0 Å². The summed E-state index contributed by atoms with van der Waals surface area (Å²) in [6.07, 6.45) is 6.84. The fourth-order valence-electron chi connectivity index (χ4n) is 3.05. The van der Waals surface area contributed by atoms with Gasteiger partial charge in [0.1, 0.15) is 5.75 Å². The van der Waals surface area contributed by atoms with E-state index in [0.29, 0.717) is 5.75 Å². The van der Waals surface area contributed by atoms with Crippen LogP contribution < -0.4 is 4.90 Å². The fraction of sp³-hybridized carbons (Fsp3) is 0.300.